The third-order valence-corrected chi connectivity index (χ3v) is 7.01. The average molecular weight is 513 g/mol. The van der Waals surface area contributed by atoms with E-state index in [1.165, 1.54) is 36.4 Å². The predicted molar refractivity (Wildman–Crippen MR) is 138 cm³/mol. The van der Waals surface area contributed by atoms with Gasteiger partial charge in [-0.25, -0.2) is 0 Å². The maximum absolute atomic E-state index is 11.2. The molecule has 0 saturated carbocycles. The van der Waals surface area contributed by atoms with Crippen LogP contribution in [0.15, 0.2) is 78.6 Å². The van der Waals surface area contributed by atoms with E-state index in [1.807, 2.05) is 0 Å². The van der Waals surface area contributed by atoms with Crippen LogP contribution >= 0.6 is 0 Å². The lowest BCUT2D eigenvalue weighted by molar-refractivity contribution is 0.157. The molecule has 4 aromatic rings. The van der Waals surface area contributed by atoms with Gasteiger partial charge in [-0.1, -0.05) is 30.3 Å². The van der Waals surface area contributed by atoms with Crippen LogP contribution in [0.5, 0.6) is 40.2 Å². The van der Waals surface area contributed by atoms with Crippen LogP contribution in [0.25, 0.3) is 6.08 Å². The second-order valence-electron chi connectivity index (χ2n) is 9.44. The molecule has 0 spiro atoms. The highest BCUT2D eigenvalue weighted by Gasteiger charge is 2.38. The van der Waals surface area contributed by atoms with Crippen molar-refractivity contribution in [1.82, 2.24) is 0 Å². The summed E-state index contributed by atoms with van der Waals surface area (Å²) in [4.78, 5) is 0. The van der Waals surface area contributed by atoms with Gasteiger partial charge in [-0.05, 0) is 48.4 Å². The Bertz CT molecular complexity index is 1560. The smallest absolute Gasteiger partial charge is 0.180 e. The van der Waals surface area contributed by atoms with Crippen LogP contribution < -0.4 is 9.47 Å². The Morgan fingerprint density at radius 2 is 1.26 bits per heavy atom. The van der Waals surface area contributed by atoms with E-state index in [4.69, 9.17) is 9.47 Å². The molecule has 0 saturated heterocycles. The number of aromatic hydroxyl groups is 5. The Morgan fingerprint density at radius 3 is 1.95 bits per heavy atom. The van der Waals surface area contributed by atoms with Gasteiger partial charge in [-0.2, -0.15) is 0 Å². The Hall–Kier alpha value is -4.98. The van der Waals surface area contributed by atoms with Crippen LogP contribution in [-0.2, 0) is 0 Å². The van der Waals surface area contributed by atoms with E-state index in [0.29, 0.717) is 28.9 Å². The Morgan fingerprint density at radius 1 is 0.632 bits per heavy atom. The van der Waals surface area contributed by atoms with Gasteiger partial charge >= 0.3 is 0 Å². The first-order valence-corrected chi connectivity index (χ1v) is 12.0. The molecule has 2 heterocycles. The lowest BCUT2D eigenvalue weighted by atomic mass is 9.80. The van der Waals surface area contributed by atoms with Gasteiger partial charge in [0.05, 0.1) is 5.56 Å². The zero-order chi connectivity index (χ0) is 26.6. The summed E-state index contributed by atoms with van der Waals surface area (Å²) in [6.45, 7) is 0. The van der Waals surface area contributed by atoms with Crippen LogP contribution in [-0.4, -0.2) is 30.6 Å². The summed E-state index contributed by atoms with van der Waals surface area (Å²) >= 11 is 0. The van der Waals surface area contributed by atoms with Crippen molar-refractivity contribution in [2.75, 3.05) is 0 Å². The average Bonchev–Trinajstić information content (AvgIpc) is 2.89. The third-order valence-electron chi connectivity index (χ3n) is 7.01. The highest BCUT2D eigenvalue weighted by molar-refractivity contribution is 5.74. The van der Waals surface area contributed by atoms with Crippen molar-refractivity contribution in [2.45, 2.75) is 24.5 Å². The third kappa shape index (κ3) is 3.96. The van der Waals surface area contributed by atoms with Gasteiger partial charge in [0.1, 0.15) is 52.1 Å². The highest BCUT2D eigenvalue weighted by Crippen LogP contribution is 2.55. The molecule has 192 valence electrons. The van der Waals surface area contributed by atoms with Gasteiger partial charge in [0.2, 0.25) is 0 Å². The molecule has 6 rings (SSSR count). The van der Waals surface area contributed by atoms with Gasteiger partial charge in [0.15, 0.2) is 6.10 Å². The SMILES string of the molecule is OC1=Cc2c(O)cc(O)c([C@@H]3C[C@@H](c4ccc(O)cc4)Oc4cc(O)ccc43)c2O[C@@H]1c1ccc(O)cc1. The summed E-state index contributed by atoms with van der Waals surface area (Å²) in [7, 11) is 0. The summed E-state index contributed by atoms with van der Waals surface area (Å²) in [5.74, 6) is -0.269. The Kier molecular flexibility index (Phi) is 5.45. The van der Waals surface area contributed by atoms with Crippen LogP contribution in [0.1, 0.15) is 52.4 Å². The Labute approximate surface area is 217 Å². The highest BCUT2D eigenvalue weighted by atomic mass is 16.5. The molecule has 0 amide bonds. The van der Waals surface area contributed by atoms with Crippen molar-refractivity contribution in [3.63, 3.8) is 0 Å². The van der Waals surface area contributed by atoms with Crippen molar-refractivity contribution < 1.29 is 40.1 Å². The largest absolute Gasteiger partial charge is 0.508 e. The van der Waals surface area contributed by atoms with Crippen LogP contribution in [0.3, 0.4) is 0 Å². The molecule has 2 aliphatic heterocycles. The number of hydrogen-bond acceptors (Lipinski definition) is 8. The quantitative estimate of drug-likeness (QED) is 0.199. The standard InChI is InChI=1S/C30H24O8/c31-17-5-1-15(2-6-17)26-13-21(20-10-9-19(33)11-27(20)37-26)28-24(35)14-23(34)22-12-25(36)29(38-30(22)28)16-3-7-18(32)8-4-16/h1-12,14,21,26,29,31-36H,13H2/t21-,26+,29-/m1/s1. The first-order chi connectivity index (χ1) is 18.3. The molecular weight excluding hydrogens is 488 g/mol. The number of fused-ring (bicyclic) bond motifs is 2. The maximum Gasteiger partial charge on any atom is 0.180 e. The summed E-state index contributed by atoms with van der Waals surface area (Å²) in [6, 6.07) is 18.8. The molecular formula is C30H24O8. The molecule has 3 atom stereocenters. The van der Waals surface area contributed by atoms with Gasteiger partial charge in [0, 0.05) is 34.7 Å². The first-order valence-electron chi connectivity index (χ1n) is 12.0. The minimum Gasteiger partial charge on any atom is -0.508 e. The molecule has 38 heavy (non-hydrogen) atoms. The van der Waals surface area contributed by atoms with E-state index in [2.05, 4.69) is 0 Å². The minimum atomic E-state index is -0.935. The second kappa shape index (κ2) is 8.85. The minimum absolute atomic E-state index is 0.0160. The van der Waals surface area contributed by atoms with Crippen molar-refractivity contribution >= 4 is 6.08 Å². The number of ether oxygens (including phenoxy) is 2. The van der Waals surface area contributed by atoms with E-state index in [1.54, 1.807) is 42.5 Å². The molecule has 0 aliphatic carbocycles. The molecule has 0 fully saturated rings. The van der Waals surface area contributed by atoms with E-state index in [9.17, 15) is 30.6 Å². The molecule has 0 aromatic heterocycles. The number of phenols is 5. The molecule has 0 unspecified atom stereocenters. The van der Waals surface area contributed by atoms with Crippen molar-refractivity contribution in [3.8, 4) is 40.2 Å². The lowest BCUT2D eigenvalue weighted by Gasteiger charge is -2.35. The van der Waals surface area contributed by atoms with Crippen molar-refractivity contribution in [3.05, 3.63) is 106 Å². The lowest BCUT2D eigenvalue weighted by Crippen LogP contribution is -2.22. The fourth-order valence-corrected chi connectivity index (χ4v) is 5.18. The first kappa shape index (κ1) is 23.4. The zero-order valence-electron chi connectivity index (χ0n) is 19.9. The van der Waals surface area contributed by atoms with Crippen LogP contribution in [0.4, 0.5) is 0 Å². The molecule has 8 heteroatoms. The maximum atomic E-state index is 11.2. The van der Waals surface area contributed by atoms with Gasteiger partial charge in [-0.3, -0.25) is 0 Å². The topological polar surface area (TPSA) is 140 Å². The fourth-order valence-electron chi connectivity index (χ4n) is 5.18. The summed E-state index contributed by atoms with van der Waals surface area (Å²) in [6.07, 6.45) is 0.355. The molecule has 6 N–H and O–H groups in total. The number of phenolic OH excluding ortho intramolecular Hbond substituents is 5. The fraction of sp³-hybridized carbons (Fsp3) is 0.133. The number of benzene rings is 4. The molecule has 4 aromatic carbocycles. The molecule has 0 radical (unpaired) electrons. The van der Waals surface area contributed by atoms with Crippen molar-refractivity contribution in [2.24, 2.45) is 0 Å². The number of hydrogen-bond donors (Lipinski definition) is 6. The van der Waals surface area contributed by atoms with Gasteiger partial charge < -0.3 is 40.1 Å². The predicted octanol–water partition coefficient (Wildman–Crippen LogP) is 5.90. The summed E-state index contributed by atoms with van der Waals surface area (Å²) in [5.41, 5.74) is 2.66. The van der Waals surface area contributed by atoms with E-state index >= 15 is 0 Å². The number of rotatable bonds is 3. The Balaban J connectivity index is 1.50. The second-order valence-corrected chi connectivity index (χ2v) is 9.44. The molecule has 2 aliphatic rings. The normalized spacial score (nSPS) is 19.9. The monoisotopic (exact) mass is 512 g/mol. The molecule has 0 bridgehead atoms. The zero-order valence-corrected chi connectivity index (χ0v) is 19.9. The van der Waals surface area contributed by atoms with Gasteiger partial charge in [-0.15, -0.1) is 0 Å². The molecule has 8 nitrogen and oxygen atoms in total. The van der Waals surface area contributed by atoms with Gasteiger partial charge in [0.25, 0.3) is 0 Å². The summed E-state index contributed by atoms with van der Waals surface area (Å²) in [5, 5.41) is 62.2. The van der Waals surface area contributed by atoms with Crippen LogP contribution in [0.2, 0.25) is 0 Å². The van der Waals surface area contributed by atoms with Crippen molar-refractivity contribution in [1.29, 1.82) is 0 Å². The number of aliphatic hydroxyl groups is 1. The van der Waals surface area contributed by atoms with Crippen LogP contribution in [0, 0.1) is 0 Å². The summed E-state index contributed by atoms with van der Waals surface area (Å²) < 4.78 is 12.5. The van der Waals surface area contributed by atoms with E-state index in [0.717, 1.165) is 5.56 Å². The number of aliphatic hydroxyl groups excluding tert-OH is 1. The van der Waals surface area contributed by atoms with E-state index < -0.39 is 18.1 Å². The van der Waals surface area contributed by atoms with E-state index in [-0.39, 0.29) is 45.8 Å².